The van der Waals surface area contributed by atoms with Crippen LogP contribution in [0.25, 0.3) is 0 Å². The Hall–Kier alpha value is -4.09. The van der Waals surface area contributed by atoms with E-state index in [-0.39, 0.29) is 11.9 Å². The zero-order chi connectivity index (χ0) is 27.0. The molecular weight excluding hydrogens is 486 g/mol. The van der Waals surface area contributed by atoms with Crippen molar-refractivity contribution < 1.29 is 19.0 Å². The van der Waals surface area contributed by atoms with Gasteiger partial charge in [0.1, 0.15) is 29.1 Å². The molecular formula is C34H33NO4. The molecule has 0 saturated heterocycles. The number of nitrogens with zero attached hydrogens (tertiary/aromatic N) is 1. The van der Waals surface area contributed by atoms with Crippen molar-refractivity contribution in [3.63, 3.8) is 0 Å². The summed E-state index contributed by atoms with van der Waals surface area (Å²) in [6.45, 7) is 5.05. The number of ether oxygens (including phenoxy) is 3. The lowest BCUT2D eigenvalue weighted by atomic mass is 9.67. The SMILES string of the molecule is COCCOc1ccc2c(c1)OC(C)(C)CC21C(=O)N(C(c2ccccc2)c2ccccc2)c2ccccc21. The van der Waals surface area contributed by atoms with Crippen LogP contribution < -0.4 is 14.4 Å². The molecule has 198 valence electrons. The summed E-state index contributed by atoms with van der Waals surface area (Å²) in [5, 5.41) is 0. The van der Waals surface area contributed by atoms with Gasteiger partial charge in [-0.2, -0.15) is 0 Å². The van der Waals surface area contributed by atoms with E-state index in [1.807, 2.05) is 71.6 Å². The molecule has 0 radical (unpaired) electrons. The van der Waals surface area contributed by atoms with Crippen molar-refractivity contribution in [3.8, 4) is 11.5 Å². The van der Waals surface area contributed by atoms with Gasteiger partial charge in [-0.15, -0.1) is 0 Å². The number of para-hydroxylation sites is 1. The van der Waals surface area contributed by atoms with Crippen LogP contribution in [0.5, 0.6) is 11.5 Å². The predicted octanol–water partition coefficient (Wildman–Crippen LogP) is 6.70. The number of hydrogen-bond donors (Lipinski definition) is 0. The highest BCUT2D eigenvalue weighted by molar-refractivity contribution is 6.12. The van der Waals surface area contributed by atoms with E-state index >= 15 is 4.79 Å². The molecule has 5 nitrogen and oxygen atoms in total. The van der Waals surface area contributed by atoms with Gasteiger partial charge >= 0.3 is 0 Å². The van der Waals surface area contributed by atoms with Gasteiger partial charge in [0, 0.05) is 30.8 Å². The minimum Gasteiger partial charge on any atom is -0.491 e. The lowest BCUT2D eigenvalue weighted by Gasteiger charge is -2.44. The Kier molecular flexibility index (Phi) is 6.40. The summed E-state index contributed by atoms with van der Waals surface area (Å²) in [6, 6.07) is 34.4. The van der Waals surface area contributed by atoms with E-state index in [0.29, 0.717) is 31.1 Å². The van der Waals surface area contributed by atoms with E-state index in [1.54, 1.807) is 7.11 Å². The molecule has 6 rings (SSSR count). The molecule has 0 bridgehead atoms. The van der Waals surface area contributed by atoms with Crippen LogP contribution in [-0.4, -0.2) is 31.8 Å². The zero-order valence-corrected chi connectivity index (χ0v) is 22.6. The van der Waals surface area contributed by atoms with Gasteiger partial charge in [-0.05, 0) is 42.7 Å². The first-order chi connectivity index (χ1) is 18.9. The highest BCUT2D eigenvalue weighted by Crippen LogP contribution is 2.58. The van der Waals surface area contributed by atoms with Gasteiger partial charge < -0.3 is 14.2 Å². The van der Waals surface area contributed by atoms with E-state index in [4.69, 9.17) is 14.2 Å². The number of fused-ring (bicyclic) bond motifs is 4. The molecule has 5 heteroatoms. The third-order valence-corrected chi connectivity index (χ3v) is 7.74. The second-order valence-corrected chi connectivity index (χ2v) is 10.9. The van der Waals surface area contributed by atoms with Crippen LogP contribution in [0.2, 0.25) is 0 Å². The first-order valence-corrected chi connectivity index (χ1v) is 13.4. The number of benzene rings is 4. The molecule has 0 aliphatic carbocycles. The smallest absolute Gasteiger partial charge is 0.243 e. The predicted molar refractivity (Wildman–Crippen MR) is 153 cm³/mol. The molecule has 2 heterocycles. The molecule has 0 fully saturated rings. The maximum Gasteiger partial charge on any atom is 0.243 e. The average molecular weight is 520 g/mol. The van der Waals surface area contributed by atoms with Crippen LogP contribution >= 0.6 is 0 Å². The number of anilines is 1. The van der Waals surface area contributed by atoms with Crippen LogP contribution in [0, 0.1) is 0 Å². The summed E-state index contributed by atoms with van der Waals surface area (Å²) >= 11 is 0. The fraction of sp³-hybridized carbons (Fsp3) is 0.265. The van der Waals surface area contributed by atoms with E-state index in [2.05, 4.69) is 50.2 Å². The van der Waals surface area contributed by atoms with Gasteiger partial charge in [-0.25, -0.2) is 0 Å². The van der Waals surface area contributed by atoms with E-state index in [1.165, 1.54) is 0 Å². The largest absolute Gasteiger partial charge is 0.491 e. The van der Waals surface area contributed by atoms with Crippen molar-refractivity contribution in [1.82, 2.24) is 0 Å². The second-order valence-electron chi connectivity index (χ2n) is 10.9. The summed E-state index contributed by atoms with van der Waals surface area (Å²) in [4.78, 5) is 17.1. The number of carbonyl (C=O) groups is 1. The summed E-state index contributed by atoms with van der Waals surface area (Å²) in [7, 11) is 1.65. The molecule has 0 aromatic heterocycles. The summed E-state index contributed by atoms with van der Waals surface area (Å²) in [5.41, 5.74) is 3.49. The minimum atomic E-state index is -0.888. The standard InChI is InChI=1S/C34H33NO4/c1-33(2)23-34(28-19-18-26(22-30(28)39-33)38-21-20-37-3)27-16-10-11-17-29(27)35(32(34)36)31(24-12-6-4-7-13-24)25-14-8-5-9-15-25/h4-19,22,31H,20-21,23H2,1-3H3. The third-order valence-electron chi connectivity index (χ3n) is 7.74. The number of methoxy groups -OCH3 is 1. The Morgan fingerprint density at radius 2 is 1.46 bits per heavy atom. The molecule has 0 saturated carbocycles. The zero-order valence-electron chi connectivity index (χ0n) is 22.6. The summed E-state index contributed by atoms with van der Waals surface area (Å²) in [5.74, 6) is 1.44. The summed E-state index contributed by atoms with van der Waals surface area (Å²) in [6.07, 6.45) is 0.527. The lowest BCUT2D eigenvalue weighted by Crippen LogP contribution is -2.51. The average Bonchev–Trinajstić information content (AvgIpc) is 3.17. The molecule has 1 amide bonds. The molecule has 1 unspecified atom stereocenters. The van der Waals surface area contributed by atoms with E-state index in [0.717, 1.165) is 27.9 Å². The Morgan fingerprint density at radius 1 is 0.821 bits per heavy atom. The number of amides is 1. The van der Waals surface area contributed by atoms with Crippen molar-refractivity contribution >= 4 is 11.6 Å². The Balaban J connectivity index is 1.54. The number of rotatable bonds is 7. The van der Waals surface area contributed by atoms with Crippen molar-refractivity contribution in [1.29, 1.82) is 0 Å². The molecule has 2 aliphatic heterocycles. The first kappa shape index (κ1) is 25.2. The molecule has 2 aliphatic rings. The van der Waals surface area contributed by atoms with Crippen LogP contribution in [0.4, 0.5) is 5.69 Å². The number of carbonyl (C=O) groups excluding carboxylic acids is 1. The maximum absolute atomic E-state index is 15.1. The maximum atomic E-state index is 15.1. The van der Waals surface area contributed by atoms with Crippen LogP contribution in [0.15, 0.2) is 103 Å². The fourth-order valence-electron chi connectivity index (χ4n) is 6.26. The highest BCUT2D eigenvalue weighted by atomic mass is 16.5. The minimum absolute atomic E-state index is 0.0621. The third kappa shape index (κ3) is 4.27. The van der Waals surface area contributed by atoms with Crippen molar-refractivity contribution in [2.45, 2.75) is 37.3 Å². The van der Waals surface area contributed by atoms with Gasteiger partial charge in [0.05, 0.1) is 12.6 Å². The molecule has 1 atom stereocenters. The molecule has 4 aromatic rings. The normalized spacial score (nSPS) is 19.1. The van der Waals surface area contributed by atoms with Gasteiger partial charge in [0.2, 0.25) is 5.91 Å². The van der Waals surface area contributed by atoms with E-state index in [9.17, 15) is 0 Å². The van der Waals surface area contributed by atoms with Gasteiger partial charge in [0.25, 0.3) is 0 Å². The monoisotopic (exact) mass is 519 g/mol. The van der Waals surface area contributed by atoms with Gasteiger partial charge in [-0.1, -0.05) is 84.9 Å². The molecule has 4 aromatic carbocycles. The van der Waals surface area contributed by atoms with Crippen LogP contribution in [-0.2, 0) is 14.9 Å². The topological polar surface area (TPSA) is 48.0 Å². The number of hydrogen-bond acceptors (Lipinski definition) is 4. The van der Waals surface area contributed by atoms with Crippen molar-refractivity contribution in [3.05, 3.63) is 125 Å². The van der Waals surface area contributed by atoms with Crippen LogP contribution in [0.3, 0.4) is 0 Å². The quantitative estimate of drug-likeness (QED) is 0.255. The molecule has 39 heavy (non-hydrogen) atoms. The van der Waals surface area contributed by atoms with Gasteiger partial charge in [-0.3, -0.25) is 9.69 Å². The Bertz CT molecular complexity index is 1440. The van der Waals surface area contributed by atoms with Crippen molar-refractivity contribution in [2.75, 3.05) is 25.2 Å². The Morgan fingerprint density at radius 3 is 2.13 bits per heavy atom. The van der Waals surface area contributed by atoms with Crippen LogP contribution in [0.1, 0.15) is 48.6 Å². The fourth-order valence-corrected chi connectivity index (χ4v) is 6.26. The van der Waals surface area contributed by atoms with Gasteiger partial charge in [0.15, 0.2) is 0 Å². The first-order valence-electron chi connectivity index (χ1n) is 13.4. The van der Waals surface area contributed by atoms with Crippen molar-refractivity contribution in [2.24, 2.45) is 0 Å². The highest BCUT2D eigenvalue weighted by Gasteiger charge is 2.59. The Labute approximate surface area is 230 Å². The molecule has 1 spiro atoms. The lowest BCUT2D eigenvalue weighted by molar-refractivity contribution is -0.124. The summed E-state index contributed by atoms with van der Waals surface area (Å²) < 4.78 is 17.5. The van der Waals surface area contributed by atoms with E-state index < -0.39 is 11.0 Å². The molecule has 0 N–H and O–H groups in total. The second kappa shape index (κ2) is 9.90.